The number of hydrogen-bond donors (Lipinski definition) is 4. The molecule has 0 radical (unpaired) electrons. The van der Waals surface area contributed by atoms with Gasteiger partial charge in [-0.25, -0.2) is 9.59 Å². The molecule has 14 heteroatoms. The molecule has 8 saturated carbocycles. The van der Waals surface area contributed by atoms with E-state index in [1.807, 2.05) is 52.7 Å². The molecule has 14 nitrogen and oxygen atoms in total. The van der Waals surface area contributed by atoms with E-state index in [1.165, 1.54) is 0 Å². The van der Waals surface area contributed by atoms with Crippen LogP contribution in [-0.4, -0.2) is 99.4 Å². The summed E-state index contributed by atoms with van der Waals surface area (Å²) in [5.74, 6) is 3.28. The number of carboxylic acid groups (broad SMARTS) is 2. The quantitative estimate of drug-likeness (QED) is 0.109. The van der Waals surface area contributed by atoms with Crippen molar-refractivity contribution in [2.45, 2.75) is 207 Å². The summed E-state index contributed by atoms with van der Waals surface area (Å²) in [6, 6.07) is 7.89. The molecule has 8 fully saturated rings. The fraction of sp³-hybridized carbons (Fsp3) is 0.839. The molecule has 1 aromatic carbocycles. The van der Waals surface area contributed by atoms with Gasteiger partial charge in [0, 0.05) is 65.2 Å². The molecule has 22 atom stereocenters. The van der Waals surface area contributed by atoms with Gasteiger partial charge in [-0.2, -0.15) is 0 Å². The molecule has 0 unspecified atom stereocenters. The van der Waals surface area contributed by atoms with Crippen LogP contribution >= 0.6 is 0 Å². The van der Waals surface area contributed by atoms with Gasteiger partial charge in [-0.1, -0.05) is 65.8 Å². The first-order chi connectivity index (χ1) is 36.2. The fourth-order valence-corrected chi connectivity index (χ4v) is 20.2. The lowest BCUT2D eigenvalue weighted by Gasteiger charge is -2.64. The zero-order chi connectivity index (χ0) is 54.5. The monoisotopic (exact) mass is 1060 g/mol. The van der Waals surface area contributed by atoms with E-state index in [0.29, 0.717) is 96.9 Å². The van der Waals surface area contributed by atoms with Crippen LogP contribution in [0, 0.1) is 92.7 Å². The number of ether oxygens (including phenoxy) is 6. The first kappa shape index (κ1) is 57.2. The summed E-state index contributed by atoms with van der Waals surface area (Å²) in [4.78, 5) is 49.9. The topological polar surface area (TPSA) is 188 Å². The molecule has 8 aliphatic carbocycles. The summed E-state index contributed by atoms with van der Waals surface area (Å²) in [5.41, 5.74) is 1.92. The van der Waals surface area contributed by atoms with Crippen molar-refractivity contribution in [3.05, 3.63) is 35.4 Å². The van der Waals surface area contributed by atoms with Crippen molar-refractivity contribution >= 4 is 24.1 Å². The highest BCUT2D eigenvalue weighted by Gasteiger charge is 2.68. The van der Waals surface area contributed by atoms with Crippen molar-refractivity contribution in [3.63, 3.8) is 0 Å². The molecular weight excluding hydrogens is 965 g/mol. The van der Waals surface area contributed by atoms with E-state index in [0.717, 1.165) is 101 Å². The summed E-state index contributed by atoms with van der Waals surface area (Å²) in [6.07, 6.45) is 14.5. The van der Waals surface area contributed by atoms with E-state index in [-0.39, 0.29) is 71.1 Å². The number of rotatable bonds is 18. The average molecular weight is 1060 g/mol. The highest BCUT2D eigenvalue weighted by molar-refractivity contribution is 5.68. The van der Waals surface area contributed by atoms with Gasteiger partial charge in [0.05, 0.1) is 24.4 Å². The van der Waals surface area contributed by atoms with Crippen molar-refractivity contribution in [1.82, 2.24) is 10.6 Å². The van der Waals surface area contributed by atoms with Crippen LogP contribution < -0.4 is 10.6 Å². The second-order valence-electron chi connectivity index (χ2n) is 27.0. The average Bonchev–Trinajstić information content (AvgIpc) is 4.10. The molecule has 0 spiro atoms. The standard InChI is InChI=1S/C62H96N2O12/c1-35(14-20-53(65)66)43-16-18-45-55-47(31-51(73-9)61(43,45)5)59(3)24-22-41(27-39(59)29-49(55)71-7)75-57(69)63-33-37-12-11-13-38(26-37)34-64-58(70)76-42-23-25-60(4)40(28-42)30-50(72-8)56-46-19-17-44(36(2)15-21-54(67)68)62(46,6)52(74-10)32-48(56)60/h11-13,26,35-36,39-52,55-56H,14-25,27-34H2,1-10H3,(H,63,69)(H,64,70)(H,65,66)(H,67,68)/t35-,36-,39+,40+,41-,42-,43-,44-,45+,46+,47+,48+,49-,50-,51+,52+,55+,56+,59+,60+,61-,62-/m1/s1. The number of aliphatic carboxylic acids is 2. The third-order valence-corrected chi connectivity index (χ3v) is 24.1. The number of hydrogen-bond acceptors (Lipinski definition) is 10. The van der Waals surface area contributed by atoms with Gasteiger partial charge in [0.2, 0.25) is 0 Å². The summed E-state index contributed by atoms with van der Waals surface area (Å²) in [6.45, 7) is 14.9. The smallest absolute Gasteiger partial charge is 0.407 e. The number of alkyl carbamates (subject to hydrolysis) is 2. The normalized spacial score (nSPS) is 43.1. The maximum Gasteiger partial charge on any atom is 0.407 e. The molecule has 76 heavy (non-hydrogen) atoms. The Hall–Kier alpha value is -3.46. The highest BCUT2D eigenvalue weighted by atomic mass is 16.6. The number of nitrogens with one attached hydrogen (secondary N) is 2. The van der Waals surface area contributed by atoms with Crippen molar-refractivity contribution < 1.29 is 57.8 Å². The van der Waals surface area contributed by atoms with Crippen LogP contribution in [0.1, 0.15) is 168 Å². The minimum Gasteiger partial charge on any atom is -0.481 e. The summed E-state index contributed by atoms with van der Waals surface area (Å²) >= 11 is 0. The van der Waals surface area contributed by atoms with Gasteiger partial charge in [-0.05, 0) is 196 Å². The van der Waals surface area contributed by atoms with Crippen LogP contribution in [0.5, 0.6) is 0 Å². The van der Waals surface area contributed by atoms with Crippen LogP contribution in [-0.2, 0) is 51.1 Å². The molecular formula is C62H96N2O12. The van der Waals surface area contributed by atoms with Crippen molar-refractivity contribution in [2.75, 3.05) is 28.4 Å². The highest BCUT2D eigenvalue weighted by Crippen LogP contribution is 2.71. The van der Waals surface area contributed by atoms with E-state index in [9.17, 15) is 29.4 Å². The second kappa shape index (κ2) is 23.0. The van der Waals surface area contributed by atoms with Crippen LogP contribution in [0.3, 0.4) is 0 Å². The third kappa shape index (κ3) is 10.5. The second-order valence-corrected chi connectivity index (χ2v) is 27.0. The van der Waals surface area contributed by atoms with E-state index < -0.39 is 24.1 Å². The van der Waals surface area contributed by atoms with E-state index in [4.69, 9.17) is 28.4 Å². The molecule has 4 N–H and O–H groups in total. The lowest BCUT2D eigenvalue weighted by molar-refractivity contribution is -0.217. The Labute approximate surface area is 454 Å². The number of benzene rings is 1. The molecule has 2 amide bonds. The number of amides is 2. The maximum atomic E-state index is 13.4. The van der Waals surface area contributed by atoms with Gasteiger partial charge in [0.15, 0.2) is 0 Å². The van der Waals surface area contributed by atoms with Gasteiger partial charge in [0.1, 0.15) is 12.2 Å². The lowest BCUT2D eigenvalue weighted by atomic mass is 9.43. The summed E-state index contributed by atoms with van der Waals surface area (Å²) in [5, 5.41) is 25.0. The Morgan fingerprint density at radius 3 is 1.34 bits per heavy atom. The van der Waals surface area contributed by atoms with Crippen LogP contribution in [0.25, 0.3) is 0 Å². The number of fused-ring (bicyclic) bond motifs is 10. The Morgan fingerprint density at radius 2 is 0.974 bits per heavy atom. The predicted octanol–water partition coefficient (Wildman–Crippen LogP) is 11.7. The zero-order valence-electron chi connectivity index (χ0n) is 47.8. The number of carbonyl (C=O) groups is 4. The van der Waals surface area contributed by atoms with Gasteiger partial charge < -0.3 is 49.3 Å². The number of carbonyl (C=O) groups excluding carboxylic acids is 2. The molecule has 0 heterocycles. The molecule has 0 bridgehead atoms. The molecule has 0 saturated heterocycles. The molecule has 0 aromatic heterocycles. The summed E-state index contributed by atoms with van der Waals surface area (Å²) < 4.78 is 38.1. The van der Waals surface area contributed by atoms with Crippen molar-refractivity contribution in [2.24, 2.45) is 92.7 Å². The molecule has 0 aliphatic heterocycles. The lowest BCUT2D eigenvalue weighted by Crippen LogP contribution is -2.63. The third-order valence-electron chi connectivity index (χ3n) is 24.1. The Bertz CT molecular complexity index is 2080. The predicted molar refractivity (Wildman–Crippen MR) is 288 cm³/mol. The van der Waals surface area contributed by atoms with E-state index in [2.05, 4.69) is 52.2 Å². The van der Waals surface area contributed by atoms with Gasteiger partial charge >= 0.3 is 24.1 Å². The van der Waals surface area contributed by atoms with Crippen molar-refractivity contribution in [3.8, 4) is 0 Å². The first-order valence-electron chi connectivity index (χ1n) is 29.7. The number of carboxylic acids is 2. The van der Waals surface area contributed by atoms with E-state index >= 15 is 0 Å². The van der Waals surface area contributed by atoms with E-state index in [1.54, 1.807) is 0 Å². The Kier molecular flexibility index (Phi) is 17.3. The zero-order valence-corrected chi connectivity index (χ0v) is 47.8. The van der Waals surface area contributed by atoms with Crippen LogP contribution in [0.15, 0.2) is 24.3 Å². The molecule has 8 aliphatic rings. The van der Waals surface area contributed by atoms with Gasteiger partial charge in [-0.3, -0.25) is 9.59 Å². The Balaban J connectivity index is 0.745. The minimum atomic E-state index is -0.725. The van der Waals surface area contributed by atoms with Crippen LogP contribution in [0.2, 0.25) is 0 Å². The fourth-order valence-electron chi connectivity index (χ4n) is 20.2. The molecule has 1 aromatic rings. The number of methoxy groups -OCH3 is 4. The minimum absolute atomic E-state index is 0.0353. The van der Waals surface area contributed by atoms with Crippen LogP contribution in [0.4, 0.5) is 9.59 Å². The van der Waals surface area contributed by atoms with Gasteiger partial charge in [0.25, 0.3) is 0 Å². The molecule has 9 rings (SSSR count). The maximum absolute atomic E-state index is 13.4. The molecule has 426 valence electrons. The largest absolute Gasteiger partial charge is 0.481 e. The van der Waals surface area contributed by atoms with Gasteiger partial charge in [-0.15, -0.1) is 0 Å². The Morgan fingerprint density at radius 1 is 0.566 bits per heavy atom. The summed E-state index contributed by atoms with van der Waals surface area (Å²) in [7, 11) is 7.47. The van der Waals surface area contributed by atoms with Crippen molar-refractivity contribution in [1.29, 1.82) is 0 Å². The first-order valence-corrected chi connectivity index (χ1v) is 29.7. The SMILES string of the molecule is CO[C@H]1C[C@H]2[C@@H]([C@H](OC)C[C@@H]3C[C@H](OC(=O)NCc4cccc(CNC(=O)O[C@@H]5CC[C@@]6(C)[C@@H](C5)C[C@@H](OC)[C@@H]5[C@@H]6C[C@H](OC)[C@]6(C)[C@@H]([C@H](C)CCC(=O)O)CC[C@@H]56)c4)CC[C@@]32C)[C@@H]2CC[C@H]([C@H](C)CCC(=O)O)[C@@]12C.